The summed E-state index contributed by atoms with van der Waals surface area (Å²) in [5.41, 5.74) is 11.2. The number of guanidine groups is 2. The Balaban J connectivity index is 3.74. The average Bonchev–Trinajstić information content (AvgIpc) is 1.90. The van der Waals surface area contributed by atoms with Gasteiger partial charge in [0.2, 0.25) is 11.9 Å². The summed E-state index contributed by atoms with van der Waals surface area (Å²) in [5, 5.41) is 10.1. The molecule has 0 aliphatic rings. The van der Waals surface area contributed by atoms with E-state index in [1.807, 2.05) is 0 Å². The first-order valence-corrected chi connectivity index (χ1v) is 2.31. The Bertz CT molecular complexity index is 130. The van der Waals surface area contributed by atoms with Gasteiger partial charge in [-0.25, -0.2) is 17.1 Å². The minimum absolute atomic E-state index is 0.0789. The van der Waals surface area contributed by atoms with Crippen molar-refractivity contribution >= 4 is 11.9 Å². The molecule has 58 valence electrons. The highest BCUT2D eigenvalue weighted by atomic mass is 15.5. The Labute approximate surface area is 57.3 Å². The van der Waals surface area contributed by atoms with E-state index in [1.54, 1.807) is 0 Å². The quantitative estimate of drug-likeness (QED) is 0.0889. The average molecular weight is 146 g/mol. The molecule has 8 nitrogen and oxygen atoms in total. The van der Waals surface area contributed by atoms with Crippen LogP contribution >= 0.6 is 0 Å². The predicted molar refractivity (Wildman–Crippen MR) is 37.1 cm³/mol. The van der Waals surface area contributed by atoms with Crippen molar-refractivity contribution in [2.24, 2.45) is 22.5 Å². The van der Waals surface area contributed by atoms with E-state index in [0.717, 1.165) is 0 Å². The van der Waals surface area contributed by atoms with Crippen molar-refractivity contribution in [1.29, 1.82) is 5.41 Å². The molecule has 0 heterocycles. The monoisotopic (exact) mass is 146 g/mol. The van der Waals surface area contributed by atoms with Crippen LogP contribution < -0.4 is 33.7 Å². The maximum absolute atomic E-state index is 6.66. The molecule has 0 unspecified atom stereocenters. The van der Waals surface area contributed by atoms with Gasteiger partial charge in [-0.3, -0.25) is 16.3 Å². The van der Waals surface area contributed by atoms with E-state index < -0.39 is 0 Å². The van der Waals surface area contributed by atoms with Crippen LogP contribution in [0.5, 0.6) is 0 Å². The molecule has 0 aromatic heterocycles. The summed E-state index contributed by atoms with van der Waals surface area (Å²) in [6.07, 6.45) is 0. The Morgan fingerprint density at radius 3 is 2.10 bits per heavy atom. The number of hydrazone groups is 1. The summed E-state index contributed by atoms with van der Waals surface area (Å²) in [5.74, 6) is 9.57. The molecule has 10 N–H and O–H groups in total. The van der Waals surface area contributed by atoms with E-state index in [4.69, 9.17) is 22.8 Å². The van der Waals surface area contributed by atoms with Crippen LogP contribution in [0.3, 0.4) is 0 Å². The van der Waals surface area contributed by atoms with Gasteiger partial charge in [-0.15, -0.1) is 5.10 Å². The van der Waals surface area contributed by atoms with E-state index in [2.05, 4.69) is 21.4 Å². The molecule has 0 aliphatic heterocycles. The van der Waals surface area contributed by atoms with Gasteiger partial charge in [0.25, 0.3) is 0 Å². The first-order valence-electron chi connectivity index (χ1n) is 2.31. The fraction of sp³-hybridized carbons (Fsp3) is 0. The third kappa shape index (κ3) is 3.46. The maximum Gasteiger partial charge on any atom is 0.242 e. The fourth-order valence-electron chi connectivity index (χ4n) is 0.222. The van der Waals surface area contributed by atoms with Gasteiger partial charge in [-0.2, -0.15) is 0 Å². The summed E-state index contributed by atoms with van der Waals surface area (Å²) in [7, 11) is 0. The lowest BCUT2D eigenvalue weighted by Crippen LogP contribution is -2.46. The first-order chi connectivity index (χ1) is 4.70. The predicted octanol–water partition coefficient (Wildman–Crippen LogP) is -3.33. The van der Waals surface area contributed by atoms with Gasteiger partial charge in [0, 0.05) is 0 Å². The van der Waals surface area contributed by atoms with E-state index in [0.29, 0.717) is 0 Å². The molecule has 0 spiro atoms. The molecule has 0 aliphatic carbocycles. The fourth-order valence-corrected chi connectivity index (χ4v) is 0.222. The van der Waals surface area contributed by atoms with Gasteiger partial charge in [-0.1, -0.05) is 0 Å². The number of nitrogens with zero attached hydrogens (tertiary/aromatic N) is 1. The minimum atomic E-state index is -0.303. The Morgan fingerprint density at radius 1 is 1.30 bits per heavy atom. The number of rotatable bonds is 1. The molecule has 0 amide bonds. The molecule has 10 heavy (non-hydrogen) atoms. The summed E-state index contributed by atoms with van der Waals surface area (Å²) in [6, 6.07) is 0. The van der Waals surface area contributed by atoms with Crippen molar-refractivity contribution in [3.05, 3.63) is 0 Å². The van der Waals surface area contributed by atoms with Crippen molar-refractivity contribution in [3.8, 4) is 0 Å². The van der Waals surface area contributed by atoms with E-state index in [-0.39, 0.29) is 11.9 Å². The summed E-state index contributed by atoms with van der Waals surface area (Å²) < 4.78 is 0. The third-order valence-corrected chi connectivity index (χ3v) is 0.562. The Kier molecular flexibility index (Phi) is 3.68. The van der Waals surface area contributed by atoms with Crippen LogP contribution in [0.15, 0.2) is 5.10 Å². The standard InChI is InChI=1S/C2H10N8/c3-1(4)9-10-2(7-5)8-6/h5-6H2,(H4,3,4,9)(H2,7,8,10). The third-order valence-electron chi connectivity index (χ3n) is 0.562. The van der Waals surface area contributed by atoms with Crippen molar-refractivity contribution in [1.82, 2.24) is 16.3 Å². The first kappa shape index (κ1) is 8.46. The lowest BCUT2D eigenvalue weighted by atomic mass is 11.0. The topological polar surface area (TPSA) is 150 Å². The van der Waals surface area contributed by atoms with Gasteiger partial charge < -0.3 is 5.73 Å². The van der Waals surface area contributed by atoms with Crippen LogP contribution in [-0.4, -0.2) is 11.9 Å². The Morgan fingerprint density at radius 2 is 1.80 bits per heavy atom. The minimum Gasteiger partial charge on any atom is -0.369 e. The molecular formula is C2H10N8. The van der Waals surface area contributed by atoms with Gasteiger partial charge in [-0.05, 0) is 0 Å². The zero-order chi connectivity index (χ0) is 7.98. The van der Waals surface area contributed by atoms with Crippen molar-refractivity contribution in [2.45, 2.75) is 0 Å². The van der Waals surface area contributed by atoms with Crippen LogP contribution in [0.2, 0.25) is 0 Å². The Hall–Kier alpha value is -1.54. The number of hydrogen-bond acceptors (Lipinski definition) is 4. The molecule has 0 aromatic carbocycles. The molecule has 0 atom stereocenters. The van der Waals surface area contributed by atoms with E-state index in [1.165, 1.54) is 0 Å². The smallest absolute Gasteiger partial charge is 0.242 e. The second-order valence-electron chi connectivity index (χ2n) is 1.27. The van der Waals surface area contributed by atoms with Crippen LogP contribution in [0, 0.1) is 5.41 Å². The summed E-state index contributed by atoms with van der Waals surface area (Å²) in [4.78, 5) is 0. The highest BCUT2D eigenvalue weighted by molar-refractivity contribution is 5.81. The molecule has 0 fully saturated rings. The summed E-state index contributed by atoms with van der Waals surface area (Å²) >= 11 is 0. The molecular weight excluding hydrogens is 136 g/mol. The SMILES string of the molecule is N=C(N)NN=C(NN)NN. The molecule has 0 radical (unpaired) electrons. The van der Waals surface area contributed by atoms with Crippen molar-refractivity contribution in [3.63, 3.8) is 0 Å². The van der Waals surface area contributed by atoms with Crippen LogP contribution in [-0.2, 0) is 0 Å². The highest BCUT2D eigenvalue weighted by Gasteiger charge is 1.88. The molecule has 0 saturated carbocycles. The number of hydrogen-bond donors (Lipinski definition) is 7. The lowest BCUT2D eigenvalue weighted by Gasteiger charge is -2.02. The second-order valence-corrected chi connectivity index (χ2v) is 1.27. The zero-order valence-corrected chi connectivity index (χ0v) is 5.18. The zero-order valence-electron chi connectivity index (χ0n) is 5.18. The molecule has 0 rings (SSSR count). The van der Waals surface area contributed by atoms with Gasteiger partial charge in [0.05, 0.1) is 0 Å². The van der Waals surface area contributed by atoms with E-state index >= 15 is 0 Å². The van der Waals surface area contributed by atoms with E-state index in [9.17, 15) is 0 Å². The number of nitrogens with two attached hydrogens (primary N) is 3. The largest absolute Gasteiger partial charge is 0.369 e. The van der Waals surface area contributed by atoms with Crippen LogP contribution in [0.4, 0.5) is 0 Å². The van der Waals surface area contributed by atoms with Gasteiger partial charge >= 0.3 is 0 Å². The van der Waals surface area contributed by atoms with Gasteiger partial charge in [0.1, 0.15) is 0 Å². The lowest BCUT2D eigenvalue weighted by molar-refractivity contribution is 0.851. The van der Waals surface area contributed by atoms with Crippen LogP contribution in [0.1, 0.15) is 0 Å². The second kappa shape index (κ2) is 4.35. The molecule has 0 bridgehead atoms. The summed E-state index contributed by atoms with van der Waals surface area (Å²) in [6.45, 7) is 0. The number of hydrazine groups is 2. The molecule has 0 saturated heterocycles. The molecule has 0 aromatic rings. The maximum atomic E-state index is 6.66. The van der Waals surface area contributed by atoms with Crippen molar-refractivity contribution < 1.29 is 0 Å². The molecule has 8 heteroatoms. The van der Waals surface area contributed by atoms with Crippen LogP contribution in [0.25, 0.3) is 0 Å². The number of nitrogens with one attached hydrogen (secondary N) is 4. The highest BCUT2D eigenvalue weighted by Crippen LogP contribution is 1.56. The van der Waals surface area contributed by atoms with Gasteiger partial charge in [0.15, 0.2) is 0 Å². The van der Waals surface area contributed by atoms with Crippen molar-refractivity contribution in [2.75, 3.05) is 0 Å². The normalized spacial score (nSPS) is 7.80.